The first-order chi connectivity index (χ1) is 15.4. The molecule has 1 amide bonds. The van der Waals surface area contributed by atoms with Gasteiger partial charge in [-0.15, -0.1) is 0 Å². The number of halogens is 1. The molecule has 9 heteroatoms. The van der Waals surface area contributed by atoms with Gasteiger partial charge in [-0.2, -0.15) is 0 Å². The van der Waals surface area contributed by atoms with Gasteiger partial charge in [0.15, 0.2) is 0 Å². The lowest BCUT2D eigenvalue weighted by Crippen LogP contribution is -2.13. The van der Waals surface area contributed by atoms with Crippen molar-refractivity contribution >= 4 is 39.9 Å². The number of para-hydroxylation sites is 1. The largest absolute Gasteiger partial charge is 0.495 e. The number of hydrogen-bond donors (Lipinski definition) is 1. The number of ether oxygens (including phenoxy) is 1. The van der Waals surface area contributed by atoms with Crippen LogP contribution in [0.2, 0.25) is 5.02 Å². The van der Waals surface area contributed by atoms with E-state index in [0.717, 1.165) is 11.5 Å². The molecule has 1 N–H and O–H groups in total. The molecule has 0 saturated heterocycles. The van der Waals surface area contributed by atoms with Crippen LogP contribution >= 0.6 is 11.6 Å². The van der Waals surface area contributed by atoms with Crippen molar-refractivity contribution in [2.24, 2.45) is 0 Å². The first-order valence-electron chi connectivity index (χ1n) is 9.34. The van der Waals surface area contributed by atoms with E-state index >= 15 is 0 Å². The van der Waals surface area contributed by atoms with E-state index in [9.17, 15) is 19.7 Å². The molecule has 4 aromatic rings. The Morgan fingerprint density at radius 3 is 2.59 bits per heavy atom. The molecule has 0 atom stereocenters. The third-order valence-electron chi connectivity index (χ3n) is 4.81. The van der Waals surface area contributed by atoms with E-state index in [1.165, 1.54) is 19.2 Å². The average molecular weight is 451 g/mol. The topological polar surface area (TPSA) is 112 Å². The Morgan fingerprint density at radius 2 is 1.88 bits per heavy atom. The van der Waals surface area contributed by atoms with E-state index in [1.807, 2.05) is 12.1 Å². The fourth-order valence-electron chi connectivity index (χ4n) is 3.23. The zero-order chi connectivity index (χ0) is 22.8. The fraction of sp³-hybridized carbons (Fsp3) is 0.0435. The van der Waals surface area contributed by atoms with Crippen molar-refractivity contribution in [3.63, 3.8) is 0 Å². The highest BCUT2D eigenvalue weighted by atomic mass is 35.5. The van der Waals surface area contributed by atoms with Crippen LogP contribution in [0.25, 0.3) is 22.1 Å². The number of amides is 1. The number of nitro groups is 1. The van der Waals surface area contributed by atoms with E-state index in [4.69, 9.17) is 20.8 Å². The Morgan fingerprint density at radius 1 is 1.09 bits per heavy atom. The van der Waals surface area contributed by atoms with Crippen molar-refractivity contribution in [1.82, 2.24) is 0 Å². The molecule has 0 saturated carbocycles. The number of carbonyl (C=O) groups excluding carboxylic acids is 1. The predicted octanol–water partition coefficient (Wildman–Crippen LogP) is 5.28. The normalized spacial score (nSPS) is 10.7. The van der Waals surface area contributed by atoms with E-state index in [2.05, 4.69) is 5.32 Å². The fourth-order valence-corrected chi connectivity index (χ4v) is 3.49. The number of fused-ring (bicyclic) bond motifs is 1. The third kappa shape index (κ3) is 4.03. The minimum atomic E-state index is -0.602. The van der Waals surface area contributed by atoms with Gasteiger partial charge in [-0.25, -0.2) is 4.79 Å². The highest BCUT2D eigenvalue weighted by Gasteiger charge is 2.18. The van der Waals surface area contributed by atoms with Crippen LogP contribution in [-0.2, 0) is 0 Å². The van der Waals surface area contributed by atoms with Crippen LogP contribution in [0.1, 0.15) is 10.4 Å². The molecule has 8 nitrogen and oxygen atoms in total. The number of nitrogens with zero attached hydrogens (tertiary/aromatic N) is 1. The van der Waals surface area contributed by atoms with Gasteiger partial charge in [-0.3, -0.25) is 14.9 Å². The number of nitrogens with one attached hydrogen (secondary N) is 1. The molecule has 0 unspecified atom stereocenters. The number of anilines is 1. The van der Waals surface area contributed by atoms with Crippen molar-refractivity contribution in [3.8, 4) is 16.9 Å². The molecular weight excluding hydrogens is 436 g/mol. The van der Waals surface area contributed by atoms with Gasteiger partial charge in [-0.1, -0.05) is 35.9 Å². The number of benzene rings is 3. The van der Waals surface area contributed by atoms with E-state index in [1.54, 1.807) is 36.4 Å². The molecular formula is C23H15ClN2O6. The van der Waals surface area contributed by atoms with Gasteiger partial charge in [0.25, 0.3) is 11.6 Å². The number of non-ortho nitro benzene ring substituents is 1. The molecule has 1 heterocycles. The van der Waals surface area contributed by atoms with Crippen LogP contribution < -0.4 is 15.7 Å². The molecule has 0 aliphatic heterocycles. The number of carbonyl (C=O) groups is 1. The summed E-state index contributed by atoms with van der Waals surface area (Å²) >= 11 is 6.06. The molecule has 0 bridgehead atoms. The Kier molecular flexibility index (Phi) is 5.61. The summed E-state index contributed by atoms with van der Waals surface area (Å²) in [6, 6.07) is 17.3. The van der Waals surface area contributed by atoms with Crippen molar-refractivity contribution in [1.29, 1.82) is 0 Å². The lowest BCUT2D eigenvalue weighted by atomic mass is 10.0. The number of hydrogen-bond acceptors (Lipinski definition) is 6. The van der Waals surface area contributed by atoms with Crippen molar-refractivity contribution in [2.45, 2.75) is 0 Å². The van der Waals surface area contributed by atoms with E-state index in [-0.39, 0.29) is 22.0 Å². The zero-order valence-electron chi connectivity index (χ0n) is 16.6. The van der Waals surface area contributed by atoms with Gasteiger partial charge in [0.2, 0.25) is 0 Å². The molecule has 0 aliphatic carbocycles. The number of rotatable bonds is 5. The molecule has 160 valence electrons. The monoisotopic (exact) mass is 450 g/mol. The van der Waals surface area contributed by atoms with Gasteiger partial charge in [-0.05, 0) is 35.9 Å². The number of methoxy groups -OCH3 is 1. The summed E-state index contributed by atoms with van der Waals surface area (Å²) in [6.07, 6.45) is 0. The first kappa shape index (κ1) is 21.1. The van der Waals surface area contributed by atoms with Crippen LogP contribution in [0.3, 0.4) is 0 Å². The molecule has 0 spiro atoms. The van der Waals surface area contributed by atoms with Crippen molar-refractivity contribution in [3.05, 3.63) is 97.9 Å². The van der Waals surface area contributed by atoms with Crippen LogP contribution in [-0.4, -0.2) is 17.9 Å². The first-order valence-corrected chi connectivity index (χ1v) is 9.72. The molecule has 1 aromatic heterocycles. The van der Waals surface area contributed by atoms with Gasteiger partial charge in [0.05, 0.1) is 33.9 Å². The quantitative estimate of drug-likeness (QED) is 0.251. The number of nitro benzene ring substituents is 1. The second-order valence-corrected chi connectivity index (χ2v) is 7.18. The summed E-state index contributed by atoms with van der Waals surface area (Å²) in [4.78, 5) is 35.6. The molecule has 0 fully saturated rings. The standard InChI is InChI=1S/C23H15ClN2O6/c1-31-21-9-6-13(17-10-14-4-2-3-5-20(14)32-23(17)28)11-19(21)25-22(27)16-8-7-15(26(29)30)12-18(16)24/h2-12H,1H3,(H,25,27). The molecule has 0 radical (unpaired) electrons. The Bertz CT molecular complexity index is 1430. The Labute approximate surface area is 186 Å². The maximum atomic E-state index is 12.8. The van der Waals surface area contributed by atoms with Crippen LogP contribution in [0, 0.1) is 10.1 Å². The second-order valence-electron chi connectivity index (χ2n) is 6.78. The van der Waals surface area contributed by atoms with Crippen LogP contribution in [0.5, 0.6) is 5.75 Å². The summed E-state index contributed by atoms with van der Waals surface area (Å²) in [5.74, 6) is -0.240. The lowest BCUT2D eigenvalue weighted by molar-refractivity contribution is -0.384. The van der Waals surface area contributed by atoms with E-state index < -0.39 is 16.5 Å². The third-order valence-corrected chi connectivity index (χ3v) is 5.12. The Hall–Kier alpha value is -4.17. The minimum Gasteiger partial charge on any atom is -0.495 e. The SMILES string of the molecule is COc1ccc(-c2cc3ccccc3oc2=O)cc1NC(=O)c1ccc([N+](=O)[O-])cc1Cl. The van der Waals surface area contributed by atoms with Gasteiger partial charge in [0, 0.05) is 17.5 Å². The Balaban J connectivity index is 1.72. The highest BCUT2D eigenvalue weighted by Crippen LogP contribution is 2.32. The molecule has 3 aromatic carbocycles. The van der Waals surface area contributed by atoms with Crippen LogP contribution in [0.15, 0.2) is 75.9 Å². The van der Waals surface area contributed by atoms with Gasteiger partial charge in [0.1, 0.15) is 11.3 Å². The summed E-state index contributed by atoms with van der Waals surface area (Å²) in [7, 11) is 1.44. The minimum absolute atomic E-state index is 0.0509. The van der Waals surface area contributed by atoms with Gasteiger partial charge >= 0.3 is 5.63 Å². The van der Waals surface area contributed by atoms with Gasteiger partial charge < -0.3 is 14.5 Å². The maximum Gasteiger partial charge on any atom is 0.344 e. The summed E-state index contributed by atoms with van der Waals surface area (Å²) in [5.41, 5.74) is 0.882. The average Bonchev–Trinajstić information content (AvgIpc) is 2.78. The maximum absolute atomic E-state index is 12.8. The van der Waals surface area contributed by atoms with Crippen LogP contribution in [0.4, 0.5) is 11.4 Å². The summed E-state index contributed by atoms with van der Waals surface area (Å²) < 4.78 is 10.7. The molecule has 4 rings (SSSR count). The smallest absolute Gasteiger partial charge is 0.344 e. The van der Waals surface area contributed by atoms with Crippen molar-refractivity contribution < 1.29 is 18.9 Å². The summed E-state index contributed by atoms with van der Waals surface area (Å²) in [5, 5.41) is 14.3. The van der Waals surface area contributed by atoms with Crippen molar-refractivity contribution in [2.75, 3.05) is 12.4 Å². The summed E-state index contributed by atoms with van der Waals surface area (Å²) in [6.45, 7) is 0. The second kappa shape index (κ2) is 8.52. The molecule has 32 heavy (non-hydrogen) atoms. The lowest BCUT2D eigenvalue weighted by Gasteiger charge is -2.13. The zero-order valence-corrected chi connectivity index (χ0v) is 17.4. The highest BCUT2D eigenvalue weighted by molar-refractivity contribution is 6.34. The molecule has 0 aliphatic rings. The predicted molar refractivity (Wildman–Crippen MR) is 121 cm³/mol. The van der Waals surface area contributed by atoms with E-state index in [0.29, 0.717) is 22.5 Å².